The minimum Gasteiger partial charge on any atom is -0.369 e. The summed E-state index contributed by atoms with van der Waals surface area (Å²) in [5, 5.41) is 7.26. The fraction of sp³-hybridized carbons (Fsp3) is 0.556. The van der Waals surface area contributed by atoms with Crippen LogP contribution in [0.4, 0.5) is 4.39 Å². The minimum absolute atomic E-state index is 0.0691. The van der Waals surface area contributed by atoms with Crippen molar-refractivity contribution in [2.45, 2.75) is 37.3 Å². The van der Waals surface area contributed by atoms with Crippen molar-refractivity contribution in [1.29, 1.82) is 0 Å². The topological polar surface area (TPSA) is 82.8 Å². The predicted octanol–water partition coefficient (Wildman–Crippen LogP) is 1.45. The molecule has 26 heavy (non-hydrogen) atoms. The zero-order valence-corrected chi connectivity index (χ0v) is 15.6. The summed E-state index contributed by atoms with van der Waals surface area (Å²) >= 11 is 6.15. The fourth-order valence-corrected chi connectivity index (χ4v) is 3.84. The average Bonchev–Trinajstić information content (AvgIpc) is 3.34. The number of likely N-dealkylation sites (tertiary alicyclic amines) is 1. The van der Waals surface area contributed by atoms with E-state index in [4.69, 9.17) is 17.3 Å². The summed E-state index contributed by atoms with van der Waals surface area (Å²) in [4.78, 5) is 17.3. The first-order chi connectivity index (χ1) is 12.5. The van der Waals surface area contributed by atoms with E-state index in [1.165, 1.54) is 6.07 Å². The lowest BCUT2D eigenvalue weighted by molar-refractivity contribution is -0.119. The maximum absolute atomic E-state index is 14.0. The van der Waals surface area contributed by atoms with Gasteiger partial charge in [0, 0.05) is 48.7 Å². The van der Waals surface area contributed by atoms with Gasteiger partial charge < -0.3 is 16.4 Å². The van der Waals surface area contributed by atoms with Gasteiger partial charge >= 0.3 is 0 Å². The molecular weight excluding hydrogens is 357 g/mol. The number of nitrogens with two attached hydrogens (primary N) is 1. The minimum atomic E-state index is -0.291. The molecule has 1 heterocycles. The van der Waals surface area contributed by atoms with Gasteiger partial charge in [0.1, 0.15) is 5.82 Å². The molecule has 1 amide bonds. The SMILES string of the molecule is CN=C(NC1CCN(CC(N)=O)CC1)NC1CC1c1c(F)cccc1Cl. The number of nitrogens with one attached hydrogen (secondary N) is 2. The molecule has 2 fully saturated rings. The molecule has 1 aromatic carbocycles. The Balaban J connectivity index is 1.49. The highest BCUT2D eigenvalue weighted by Gasteiger charge is 2.42. The van der Waals surface area contributed by atoms with Crippen LogP contribution in [0.15, 0.2) is 23.2 Å². The van der Waals surface area contributed by atoms with Crippen molar-refractivity contribution in [3.8, 4) is 0 Å². The van der Waals surface area contributed by atoms with Gasteiger partial charge in [-0.05, 0) is 31.4 Å². The van der Waals surface area contributed by atoms with Crippen molar-refractivity contribution < 1.29 is 9.18 Å². The van der Waals surface area contributed by atoms with Crippen molar-refractivity contribution in [2.24, 2.45) is 10.7 Å². The highest BCUT2D eigenvalue weighted by molar-refractivity contribution is 6.31. The number of hydrogen-bond acceptors (Lipinski definition) is 3. The summed E-state index contributed by atoms with van der Waals surface area (Å²) in [6.07, 6.45) is 2.67. The quantitative estimate of drug-likeness (QED) is 0.532. The summed E-state index contributed by atoms with van der Waals surface area (Å²) in [5.74, 6) is 0.245. The first-order valence-corrected chi connectivity index (χ1v) is 9.30. The van der Waals surface area contributed by atoms with E-state index in [9.17, 15) is 9.18 Å². The molecule has 0 radical (unpaired) electrons. The van der Waals surface area contributed by atoms with Crippen LogP contribution in [0.2, 0.25) is 5.02 Å². The monoisotopic (exact) mass is 381 g/mol. The van der Waals surface area contributed by atoms with E-state index >= 15 is 0 Å². The molecule has 0 aromatic heterocycles. The number of aliphatic imine (C=N–C) groups is 1. The highest BCUT2D eigenvalue weighted by Crippen LogP contribution is 2.44. The lowest BCUT2D eigenvalue weighted by Gasteiger charge is -2.32. The zero-order chi connectivity index (χ0) is 18.7. The Kier molecular flexibility index (Phi) is 5.98. The van der Waals surface area contributed by atoms with Crippen LogP contribution in [0.25, 0.3) is 0 Å². The average molecular weight is 382 g/mol. The van der Waals surface area contributed by atoms with Crippen LogP contribution in [-0.4, -0.2) is 55.5 Å². The van der Waals surface area contributed by atoms with Crippen LogP contribution >= 0.6 is 11.6 Å². The standard InChI is InChI=1S/C18H25ClFN5O/c1-22-18(23-11-5-7-25(8-6-11)10-16(21)26)24-15-9-12(15)17-13(19)3-2-4-14(17)20/h2-4,11-12,15H,5-10H2,1H3,(H2,21,26)(H2,22,23,24). The van der Waals surface area contributed by atoms with Crippen LogP contribution in [-0.2, 0) is 4.79 Å². The van der Waals surface area contributed by atoms with Gasteiger partial charge in [-0.3, -0.25) is 14.7 Å². The first-order valence-electron chi connectivity index (χ1n) is 8.92. The largest absolute Gasteiger partial charge is 0.369 e. The molecule has 0 spiro atoms. The second kappa shape index (κ2) is 8.22. The van der Waals surface area contributed by atoms with Gasteiger partial charge in [0.15, 0.2) is 5.96 Å². The van der Waals surface area contributed by atoms with E-state index in [1.807, 2.05) is 0 Å². The molecular formula is C18H25ClFN5O. The summed E-state index contributed by atoms with van der Waals surface area (Å²) in [5.41, 5.74) is 5.83. The first kappa shape index (κ1) is 18.9. The van der Waals surface area contributed by atoms with Gasteiger partial charge in [0.2, 0.25) is 5.91 Å². The number of benzene rings is 1. The number of hydrogen-bond donors (Lipinski definition) is 3. The summed E-state index contributed by atoms with van der Waals surface area (Å²) in [6.45, 7) is 1.97. The molecule has 2 aliphatic rings. The number of carbonyl (C=O) groups is 1. The Hall–Kier alpha value is -1.86. The molecule has 2 atom stereocenters. The number of amides is 1. The molecule has 8 heteroatoms. The Bertz CT molecular complexity index is 670. The number of carbonyl (C=O) groups excluding carboxylic acids is 1. The van der Waals surface area contributed by atoms with E-state index in [0.29, 0.717) is 23.2 Å². The fourth-order valence-electron chi connectivity index (χ4n) is 3.53. The van der Waals surface area contributed by atoms with Gasteiger partial charge in [-0.15, -0.1) is 0 Å². The van der Waals surface area contributed by atoms with E-state index in [0.717, 1.165) is 38.3 Å². The normalized spacial score (nSPS) is 24.3. The molecule has 1 saturated heterocycles. The van der Waals surface area contributed by atoms with Gasteiger partial charge in [-0.25, -0.2) is 4.39 Å². The number of piperidine rings is 1. The van der Waals surface area contributed by atoms with E-state index in [1.54, 1.807) is 19.2 Å². The van der Waals surface area contributed by atoms with Gasteiger partial charge in [-0.2, -0.15) is 0 Å². The van der Waals surface area contributed by atoms with Gasteiger partial charge in [0.05, 0.1) is 6.54 Å². The number of halogens is 2. The van der Waals surface area contributed by atoms with E-state index in [2.05, 4.69) is 20.5 Å². The third-order valence-electron chi connectivity index (χ3n) is 5.01. The summed E-state index contributed by atoms with van der Waals surface area (Å²) in [6, 6.07) is 5.22. The van der Waals surface area contributed by atoms with Crippen molar-refractivity contribution in [3.63, 3.8) is 0 Å². The summed E-state index contributed by atoms with van der Waals surface area (Å²) < 4.78 is 14.0. The van der Waals surface area contributed by atoms with Crippen LogP contribution in [0.5, 0.6) is 0 Å². The third-order valence-corrected chi connectivity index (χ3v) is 5.34. The zero-order valence-electron chi connectivity index (χ0n) is 14.8. The highest BCUT2D eigenvalue weighted by atomic mass is 35.5. The predicted molar refractivity (Wildman–Crippen MR) is 101 cm³/mol. The number of primary amides is 1. The molecule has 1 aliphatic carbocycles. The van der Waals surface area contributed by atoms with Crippen LogP contribution < -0.4 is 16.4 Å². The van der Waals surface area contributed by atoms with Crippen LogP contribution in [0.3, 0.4) is 0 Å². The molecule has 0 bridgehead atoms. The van der Waals surface area contributed by atoms with Crippen molar-refractivity contribution in [1.82, 2.24) is 15.5 Å². The lowest BCUT2D eigenvalue weighted by Crippen LogP contribution is -2.50. The van der Waals surface area contributed by atoms with Crippen LogP contribution in [0.1, 0.15) is 30.7 Å². The smallest absolute Gasteiger partial charge is 0.231 e. The molecule has 1 aromatic rings. The van der Waals surface area contributed by atoms with Crippen molar-refractivity contribution >= 4 is 23.5 Å². The molecule has 1 aliphatic heterocycles. The Morgan fingerprint density at radius 1 is 1.38 bits per heavy atom. The van der Waals surface area contributed by atoms with Crippen molar-refractivity contribution in [3.05, 3.63) is 34.6 Å². The second-order valence-corrected chi connectivity index (χ2v) is 7.37. The molecule has 4 N–H and O–H groups in total. The summed E-state index contributed by atoms with van der Waals surface area (Å²) in [7, 11) is 1.73. The Labute approximate surface area is 158 Å². The maximum atomic E-state index is 14.0. The van der Waals surface area contributed by atoms with E-state index in [-0.39, 0.29) is 23.7 Å². The third kappa shape index (κ3) is 4.65. The van der Waals surface area contributed by atoms with Crippen molar-refractivity contribution in [2.75, 3.05) is 26.7 Å². The number of rotatable bonds is 5. The van der Waals surface area contributed by atoms with E-state index < -0.39 is 0 Å². The molecule has 6 nitrogen and oxygen atoms in total. The maximum Gasteiger partial charge on any atom is 0.231 e. The van der Waals surface area contributed by atoms with Gasteiger partial charge in [-0.1, -0.05) is 17.7 Å². The molecule has 3 rings (SSSR count). The second-order valence-electron chi connectivity index (χ2n) is 6.96. The van der Waals surface area contributed by atoms with Gasteiger partial charge in [0.25, 0.3) is 0 Å². The number of nitrogens with zero attached hydrogens (tertiary/aromatic N) is 2. The Morgan fingerprint density at radius 2 is 2.12 bits per heavy atom. The molecule has 2 unspecified atom stereocenters. The molecule has 1 saturated carbocycles. The Morgan fingerprint density at radius 3 is 2.73 bits per heavy atom. The lowest BCUT2D eigenvalue weighted by atomic mass is 10.1. The number of guanidine groups is 1. The molecule has 142 valence electrons. The van der Waals surface area contributed by atoms with Crippen LogP contribution in [0, 0.1) is 5.82 Å².